The molecule has 1 N–H and O–H groups in total. The number of aromatic nitrogens is 1. The fraction of sp³-hybridized carbons (Fsp3) is 0.536. The van der Waals surface area contributed by atoms with E-state index < -0.39 is 34.7 Å². The summed E-state index contributed by atoms with van der Waals surface area (Å²) in [5, 5.41) is 2.89. The van der Waals surface area contributed by atoms with E-state index in [1.165, 1.54) is 0 Å². The van der Waals surface area contributed by atoms with Crippen molar-refractivity contribution in [2.24, 2.45) is 0 Å². The average Bonchev–Trinajstić information content (AvgIpc) is 2.98. The predicted octanol–water partition coefficient (Wildman–Crippen LogP) is 5.34. The van der Waals surface area contributed by atoms with Gasteiger partial charge in [0.15, 0.2) is 4.90 Å². The van der Waals surface area contributed by atoms with Gasteiger partial charge in [0.05, 0.1) is 5.56 Å². The first-order chi connectivity index (χ1) is 18.2. The van der Waals surface area contributed by atoms with Gasteiger partial charge in [0, 0.05) is 62.9 Å². The Balaban J connectivity index is 1.63. The second-order valence-corrected chi connectivity index (χ2v) is 12.6. The van der Waals surface area contributed by atoms with E-state index in [2.05, 4.69) is 10.3 Å². The number of hydrogen-bond acceptors (Lipinski definition) is 6. The quantitative estimate of drug-likeness (QED) is 0.494. The van der Waals surface area contributed by atoms with Gasteiger partial charge in [-0.15, -0.1) is 0 Å². The van der Waals surface area contributed by atoms with E-state index in [0.717, 1.165) is 5.56 Å². The summed E-state index contributed by atoms with van der Waals surface area (Å²) in [7, 11) is 0. The molecule has 2 amide bonds. The largest absolute Gasteiger partial charge is 0.612 e. The lowest BCUT2D eigenvalue weighted by molar-refractivity contribution is -0.0102. The molecule has 2 fully saturated rings. The Morgan fingerprint density at radius 2 is 1.92 bits per heavy atom. The van der Waals surface area contributed by atoms with Crippen molar-refractivity contribution in [1.82, 2.24) is 9.88 Å². The van der Waals surface area contributed by atoms with Crippen LogP contribution in [0.25, 0.3) is 0 Å². The zero-order valence-corrected chi connectivity index (χ0v) is 23.9. The van der Waals surface area contributed by atoms with Crippen molar-refractivity contribution in [3.63, 3.8) is 0 Å². The summed E-state index contributed by atoms with van der Waals surface area (Å²) < 4.78 is 45.6. The number of alkyl halides is 2. The van der Waals surface area contributed by atoms with Gasteiger partial charge in [0.25, 0.3) is 5.91 Å². The molecule has 2 aliphatic rings. The van der Waals surface area contributed by atoms with Gasteiger partial charge in [-0.05, 0) is 68.6 Å². The van der Waals surface area contributed by atoms with E-state index in [1.54, 1.807) is 46.5 Å². The van der Waals surface area contributed by atoms with Crippen LogP contribution in [0, 0.1) is 6.92 Å². The normalized spacial score (nSPS) is 18.7. The number of likely N-dealkylation sites (tertiary alicyclic amines) is 1. The van der Waals surface area contributed by atoms with Crippen molar-refractivity contribution in [2.75, 3.05) is 42.7 Å². The summed E-state index contributed by atoms with van der Waals surface area (Å²) in [6.45, 7) is 8.57. The monoisotopic (exact) mass is 562 g/mol. The summed E-state index contributed by atoms with van der Waals surface area (Å²) in [5.74, 6) is -2.84. The second-order valence-electron chi connectivity index (χ2n) is 11.3. The highest BCUT2D eigenvalue weighted by molar-refractivity contribution is 7.90. The van der Waals surface area contributed by atoms with E-state index in [0.29, 0.717) is 47.2 Å². The molecule has 0 radical (unpaired) electrons. The maximum Gasteiger partial charge on any atom is 0.410 e. The third-order valence-electron chi connectivity index (χ3n) is 7.00. The van der Waals surface area contributed by atoms with Gasteiger partial charge in [0.2, 0.25) is 5.92 Å². The highest BCUT2D eigenvalue weighted by atomic mass is 32.2. The highest BCUT2D eigenvalue weighted by Crippen LogP contribution is 2.36. The number of ether oxygens (including phenoxy) is 1. The summed E-state index contributed by atoms with van der Waals surface area (Å²) in [6.07, 6.45) is 2.64. The SMILES string of the molecule is Cc1c(C2CN(C(=O)OC(C)(C)C)C2)cnc(N2CCCC(F)(F)CC2)c1C(=O)Nc1cccc([S+](C)[O-])c1. The molecule has 0 bridgehead atoms. The first-order valence-electron chi connectivity index (χ1n) is 13.1. The van der Waals surface area contributed by atoms with Gasteiger partial charge in [-0.3, -0.25) is 4.79 Å². The Kier molecular flexibility index (Phi) is 8.41. The number of nitrogens with one attached hydrogen (secondary N) is 1. The van der Waals surface area contributed by atoms with Crippen molar-refractivity contribution >= 4 is 34.7 Å². The molecule has 39 heavy (non-hydrogen) atoms. The van der Waals surface area contributed by atoms with Crippen LogP contribution in [0.3, 0.4) is 0 Å². The molecule has 1 atom stereocenters. The van der Waals surface area contributed by atoms with Crippen molar-refractivity contribution in [3.05, 3.63) is 47.2 Å². The van der Waals surface area contributed by atoms with Crippen molar-refractivity contribution < 1.29 is 27.7 Å². The van der Waals surface area contributed by atoms with Crippen molar-refractivity contribution in [2.45, 2.75) is 69.3 Å². The van der Waals surface area contributed by atoms with Crippen LogP contribution in [0.5, 0.6) is 0 Å². The maximum atomic E-state index is 14.1. The number of pyridine rings is 1. The third kappa shape index (κ3) is 7.00. The first kappa shape index (κ1) is 29.1. The Morgan fingerprint density at radius 1 is 1.21 bits per heavy atom. The molecular weight excluding hydrogens is 526 g/mol. The molecule has 0 spiro atoms. The number of amides is 2. The number of halogens is 2. The molecule has 212 valence electrons. The number of carbonyl (C=O) groups is 2. The van der Waals surface area contributed by atoms with Crippen LogP contribution in [-0.2, 0) is 15.9 Å². The maximum absolute atomic E-state index is 14.1. The molecule has 4 rings (SSSR count). The lowest BCUT2D eigenvalue weighted by atomic mass is 9.88. The van der Waals surface area contributed by atoms with Gasteiger partial charge < -0.3 is 24.4 Å². The van der Waals surface area contributed by atoms with Crippen LogP contribution < -0.4 is 10.2 Å². The predicted molar refractivity (Wildman–Crippen MR) is 147 cm³/mol. The lowest BCUT2D eigenvalue weighted by Gasteiger charge is -2.40. The minimum Gasteiger partial charge on any atom is -0.612 e. The summed E-state index contributed by atoms with van der Waals surface area (Å²) in [5.41, 5.74) is 1.71. The van der Waals surface area contributed by atoms with E-state index in [9.17, 15) is 22.9 Å². The van der Waals surface area contributed by atoms with E-state index >= 15 is 0 Å². The Labute approximate surface area is 231 Å². The fourth-order valence-corrected chi connectivity index (χ4v) is 5.46. The van der Waals surface area contributed by atoms with Gasteiger partial charge in [-0.25, -0.2) is 18.6 Å². The summed E-state index contributed by atoms with van der Waals surface area (Å²) >= 11 is -1.22. The lowest BCUT2D eigenvalue weighted by Crippen LogP contribution is -2.50. The minimum absolute atomic E-state index is 0.0371. The first-order valence-corrected chi connectivity index (χ1v) is 14.6. The van der Waals surface area contributed by atoms with Crippen LogP contribution in [0.4, 0.5) is 25.1 Å². The molecule has 1 aromatic heterocycles. The summed E-state index contributed by atoms with van der Waals surface area (Å²) in [4.78, 5) is 34.7. The zero-order valence-electron chi connectivity index (χ0n) is 23.1. The number of hydrogen-bond donors (Lipinski definition) is 1. The minimum atomic E-state index is -2.75. The molecule has 2 saturated heterocycles. The van der Waals surface area contributed by atoms with E-state index in [-0.39, 0.29) is 31.7 Å². The molecule has 3 heterocycles. The number of nitrogens with zero attached hydrogens (tertiary/aromatic N) is 3. The van der Waals surface area contributed by atoms with Gasteiger partial charge in [-0.1, -0.05) is 6.07 Å². The van der Waals surface area contributed by atoms with Gasteiger partial charge in [0.1, 0.15) is 17.7 Å². The molecular formula is C28H36F2N4O4S. The molecule has 0 aliphatic carbocycles. The molecule has 8 nitrogen and oxygen atoms in total. The smallest absolute Gasteiger partial charge is 0.410 e. The highest BCUT2D eigenvalue weighted by Gasteiger charge is 2.38. The van der Waals surface area contributed by atoms with E-state index in [4.69, 9.17) is 4.74 Å². The molecule has 11 heteroatoms. The molecule has 2 aromatic rings. The Morgan fingerprint density at radius 3 is 2.59 bits per heavy atom. The van der Waals surface area contributed by atoms with E-state index in [1.807, 2.05) is 27.7 Å². The number of carbonyl (C=O) groups excluding carboxylic acids is 2. The van der Waals surface area contributed by atoms with Crippen LogP contribution in [0.2, 0.25) is 0 Å². The zero-order chi connectivity index (χ0) is 28.5. The van der Waals surface area contributed by atoms with Crippen LogP contribution in [0.15, 0.2) is 35.4 Å². The molecule has 1 unspecified atom stereocenters. The van der Waals surface area contributed by atoms with Crippen molar-refractivity contribution in [3.8, 4) is 0 Å². The van der Waals surface area contributed by atoms with Crippen molar-refractivity contribution in [1.29, 1.82) is 0 Å². The Hall–Kier alpha value is -2.92. The molecule has 0 saturated carbocycles. The molecule has 1 aromatic carbocycles. The Bertz CT molecular complexity index is 1230. The van der Waals surface area contributed by atoms with Crippen LogP contribution in [0.1, 0.15) is 67.4 Å². The standard InChI is InChI=1S/C28H36F2N4O4S/c1-18-22(19-16-34(17-19)26(36)38-27(2,3)4)15-31-24(33-12-7-10-28(29,30)11-13-33)23(18)25(35)32-20-8-6-9-21(14-20)39(5)37/h6,8-9,14-15,19H,7,10-13,16-17H2,1-5H3,(H,32,35). The van der Waals surface area contributed by atoms with Crippen LogP contribution >= 0.6 is 0 Å². The summed E-state index contributed by atoms with van der Waals surface area (Å²) in [6, 6.07) is 6.79. The number of anilines is 2. The molecule has 2 aliphatic heterocycles. The third-order valence-corrected chi connectivity index (χ3v) is 7.92. The number of benzene rings is 1. The fourth-order valence-electron chi connectivity index (χ4n) is 4.90. The average molecular weight is 563 g/mol. The second kappa shape index (κ2) is 11.3. The van der Waals surface area contributed by atoms with Crippen LogP contribution in [-0.4, -0.2) is 70.4 Å². The topological polar surface area (TPSA) is 97.8 Å². The number of rotatable bonds is 5. The van der Waals surface area contributed by atoms with Gasteiger partial charge in [-0.2, -0.15) is 0 Å². The van der Waals surface area contributed by atoms with Gasteiger partial charge >= 0.3 is 6.09 Å².